The molecule has 0 atom stereocenters. The first-order chi connectivity index (χ1) is 15.6. The summed E-state index contributed by atoms with van der Waals surface area (Å²) >= 11 is 0. The molecule has 3 rings (SSSR count). The molecule has 0 saturated heterocycles. The van der Waals surface area contributed by atoms with E-state index in [0.29, 0.717) is 17.0 Å². The summed E-state index contributed by atoms with van der Waals surface area (Å²) in [5, 5.41) is 0. The van der Waals surface area contributed by atoms with Gasteiger partial charge in [-0.2, -0.15) is 0 Å². The number of anilines is 1. The smallest absolute Gasteiger partial charge is 0.340 e. The van der Waals surface area contributed by atoms with Crippen LogP contribution in [0.1, 0.15) is 37.7 Å². The van der Waals surface area contributed by atoms with Crippen LogP contribution < -0.4 is 4.72 Å². The number of carbonyl (C=O) groups excluding carboxylic acids is 2. The molecule has 0 saturated carbocycles. The molecular formula is C24H24N2O6S. The number of carbonyl (C=O) groups is 2. The van der Waals surface area contributed by atoms with Crippen LogP contribution in [0, 0.1) is 20.8 Å². The molecule has 2 aromatic carbocycles. The average molecular weight is 469 g/mol. The Balaban J connectivity index is 2.18. The van der Waals surface area contributed by atoms with Crippen LogP contribution in [0.4, 0.5) is 5.69 Å². The summed E-state index contributed by atoms with van der Waals surface area (Å²) in [7, 11) is -1.39. The minimum Gasteiger partial charge on any atom is -0.465 e. The second kappa shape index (κ2) is 9.41. The number of sulfonamides is 1. The Bertz CT molecular complexity index is 1290. The monoisotopic (exact) mass is 468 g/mol. The van der Waals surface area contributed by atoms with E-state index in [1.165, 1.54) is 26.4 Å². The normalized spacial score (nSPS) is 11.1. The Hall–Kier alpha value is -3.72. The lowest BCUT2D eigenvalue weighted by molar-refractivity contribution is 0.0599. The number of aromatic nitrogens is 1. The Morgan fingerprint density at radius 1 is 0.848 bits per heavy atom. The minimum absolute atomic E-state index is 0.0991. The van der Waals surface area contributed by atoms with E-state index in [2.05, 4.69) is 9.71 Å². The molecule has 0 fully saturated rings. The van der Waals surface area contributed by atoms with Gasteiger partial charge in [0.2, 0.25) is 0 Å². The molecule has 0 aliphatic heterocycles. The number of hydrogen-bond donors (Lipinski definition) is 1. The highest BCUT2D eigenvalue weighted by atomic mass is 32.2. The van der Waals surface area contributed by atoms with Crippen LogP contribution in [0.15, 0.2) is 53.4 Å². The van der Waals surface area contributed by atoms with E-state index in [1.807, 2.05) is 6.92 Å². The number of methoxy groups -OCH3 is 2. The Labute approximate surface area is 192 Å². The van der Waals surface area contributed by atoms with Gasteiger partial charge in [0.25, 0.3) is 10.0 Å². The van der Waals surface area contributed by atoms with Crippen LogP contribution in [-0.4, -0.2) is 39.6 Å². The van der Waals surface area contributed by atoms with Crippen LogP contribution in [0.25, 0.3) is 11.1 Å². The maximum atomic E-state index is 12.8. The van der Waals surface area contributed by atoms with Crippen molar-refractivity contribution in [2.75, 3.05) is 18.9 Å². The number of pyridine rings is 1. The topological polar surface area (TPSA) is 112 Å². The van der Waals surface area contributed by atoms with Crippen molar-refractivity contribution in [2.24, 2.45) is 0 Å². The van der Waals surface area contributed by atoms with Gasteiger partial charge in [0.05, 0.1) is 41.6 Å². The third kappa shape index (κ3) is 4.88. The van der Waals surface area contributed by atoms with Gasteiger partial charge in [-0.05, 0) is 50.6 Å². The number of aryl methyl sites for hydroxylation is 3. The van der Waals surface area contributed by atoms with Gasteiger partial charge in [-0.15, -0.1) is 0 Å². The fraction of sp³-hybridized carbons (Fsp3) is 0.208. The number of esters is 2. The van der Waals surface area contributed by atoms with Gasteiger partial charge in [0, 0.05) is 11.3 Å². The fourth-order valence-corrected chi connectivity index (χ4v) is 4.56. The third-order valence-electron chi connectivity index (χ3n) is 5.07. The number of nitrogens with one attached hydrogen (secondary N) is 1. The molecule has 0 radical (unpaired) electrons. The van der Waals surface area contributed by atoms with Crippen molar-refractivity contribution in [3.8, 4) is 11.1 Å². The standard InChI is InChI=1S/C24H24N2O6S/c1-14-9-11-19(12-10-14)33(29,30)26-18-8-6-7-17(13-18)22-20(23(27)31-4)15(2)25-16(3)21(22)24(28)32-5/h6-13,26H,1-5H3. The Morgan fingerprint density at radius 3 is 1.91 bits per heavy atom. The van der Waals surface area contributed by atoms with E-state index < -0.39 is 22.0 Å². The number of rotatable bonds is 6. The maximum Gasteiger partial charge on any atom is 0.340 e. The first-order valence-corrected chi connectivity index (χ1v) is 11.4. The highest BCUT2D eigenvalue weighted by Crippen LogP contribution is 2.34. The first kappa shape index (κ1) is 23.9. The molecule has 0 bridgehead atoms. The highest BCUT2D eigenvalue weighted by Gasteiger charge is 2.27. The van der Waals surface area contributed by atoms with Gasteiger partial charge in [0.1, 0.15) is 0 Å². The van der Waals surface area contributed by atoms with Gasteiger partial charge < -0.3 is 9.47 Å². The number of ether oxygens (including phenoxy) is 2. The summed E-state index contributed by atoms with van der Waals surface area (Å²) in [4.78, 5) is 29.6. The molecule has 1 heterocycles. The molecule has 0 aliphatic carbocycles. The van der Waals surface area contributed by atoms with Crippen LogP contribution in [0.2, 0.25) is 0 Å². The van der Waals surface area contributed by atoms with Gasteiger partial charge in [-0.25, -0.2) is 18.0 Å². The summed E-state index contributed by atoms with van der Waals surface area (Å²) in [5.74, 6) is -1.35. The Kier molecular flexibility index (Phi) is 6.83. The number of nitrogens with zero attached hydrogens (tertiary/aromatic N) is 1. The first-order valence-electron chi connectivity index (χ1n) is 9.96. The fourth-order valence-electron chi connectivity index (χ4n) is 3.51. The largest absolute Gasteiger partial charge is 0.465 e. The van der Waals surface area contributed by atoms with Crippen molar-refractivity contribution in [3.05, 3.63) is 76.6 Å². The van der Waals surface area contributed by atoms with Gasteiger partial charge in [-0.3, -0.25) is 9.71 Å². The van der Waals surface area contributed by atoms with Crippen molar-refractivity contribution in [1.82, 2.24) is 4.98 Å². The zero-order valence-electron chi connectivity index (χ0n) is 18.9. The molecule has 1 N–H and O–H groups in total. The molecule has 33 heavy (non-hydrogen) atoms. The lowest BCUT2D eigenvalue weighted by atomic mass is 9.92. The lowest BCUT2D eigenvalue weighted by Crippen LogP contribution is -2.16. The van der Waals surface area contributed by atoms with E-state index in [9.17, 15) is 18.0 Å². The van der Waals surface area contributed by atoms with Crippen molar-refractivity contribution in [1.29, 1.82) is 0 Å². The summed E-state index contributed by atoms with van der Waals surface area (Å²) in [6.45, 7) is 5.13. The quantitative estimate of drug-likeness (QED) is 0.543. The molecule has 8 nitrogen and oxygen atoms in total. The molecule has 0 amide bonds. The lowest BCUT2D eigenvalue weighted by Gasteiger charge is -2.17. The van der Waals surface area contributed by atoms with E-state index in [4.69, 9.17) is 9.47 Å². The van der Waals surface area contributed by atoms with Gasteiger partial charge in [0.15, 0.2) is 0 Å². The van der Waals surface area contributed by atoms with Crippen LogP contribution in [0.3, 0.4) is 0 Å². The molecule has 0 aliphatic rings. The van der Waals surface area contributed by atoms with Crippen molar-refractivity contribution >= 4 is 27.6 Å². The molecule has 0 unspecified atom stereocenters. The predicted octanol–water partition coefficient (Wildman–Crippen LogP) is 4.05. The zero-order chi connectivity index (χ0) is 24.3. The van der Waals surface area contributed by atoms with Gasteiger partial charge >= 0.3 is 11.9 Å². The van der Waals surface area contributed by atoms with Gasteiger partial charge in [-0.1, -0.05) is 29.8 Å². The number of benzene rings is 2. The van der Waals surface area contributed by atoms with Crippen molar-refractivity contribution < 1.29 is 27.5 Å². The summed E-state index contributed by atoms with van der Waals surface area (Å²) in [6, 6.07) is 12.8. The summed E-state index contributed by atoms with van der Waals surface area (Å²) in [5.41, 5.74) is 2.81. The third-order valence-corrected chi connectivity index (χ3v) is 6.47. The molecule has 0 spiro atoms. The van der Waals surface area contributed by atoms with Crippen LogP contribution in [0.5, 0.6) is 0 Å². The molecular weight excluding hydrogens is 444 g/mol. The Morgan fingerprint density at radius 2 is 1.39 bits per heavy atom. The van der Waals surface area contributed by atoms with Crippen molar-refractivity contribution in [3.63, 3.8) is 0 Å². The molecule has 1 aromatic heterocycles. The second-order valence-corrected chi connectivity index (χ2v) is 9.07. The highest BCUT2D eigenvalue weighted by molar-refractivity contribution is 7.92. The van der Waals surface area contributed by atoms with E-state index >= 15 is 0 Å². The molecule has 172 valence electrons. The summed E-state index contributed by atoms with van der Waals surface area (Å²) in [6.07, 6.45) is 0. The van der Waals surface area contributed by atoms with E-state index in [0.717, 1.165) is 5.56 Å². The molecule has 3 aromatic rings. The average Bonchev–Trinajstić information content (AvgIpc) is 2.77. The maximum absolute atomic E-state index is 12.8. The van der Waals surface area contributed by atoms with Crippen molar-refractivity contribution in [2.45, 2.75) is 25.7 Å². The minimum atomic E-state index is -3.85. The van der Waals surface area contributed by atoms with E-state index in [1.54, 1.807) is 50.2 Å². The summed E-state index contributed by atoms with van der Waals surface area (Å²) < 4.78 is 38.1. The number of hydrogen-bond acceptors (Lipinski definition) is 7. The second-order valence-electron chi connectivity index (χ2n) is 7.39. The SMILES string of the molecule is COC(=O)c1c(C)nc(C)c(C(=O)OC)c1-c1cccc(NS(=O)(=O)c2ccc(C)cc2)c1. The predicted molar refractivity (Wildman–Crippen MR) is 124 cm³/mol. The van der Waals surface area contributed by atoms with Crippen LogP contribution in [-0.2, 0) is 19.5 Å². The molecule has 9 heteroatoms. The van der Waals surface area contributed by atoms with Crippen LogP contribution >= 0.6 is 0 Å². The zero-order valence-corrected chi connectivity index (χ0v) is 19.7. The van der Waals surface area contributed by atoms with E-state index in [-0.39, 0.29) is 27.3 Å².